The van der Waals surface area contributed by atoms with Crippen molar-refractivity contribution in [2.75, 3.05) is 17.7 Å². The Labute approximate surface area is 157 Å². The Kier molecular flexibility index (Phi) is 6.89. The molecule has 9 heteroatoms. The molecule has 1 heterocycles. The summed E-state index contributed by atoms with van der Waals surface area (Å²) in [5.41, 5.74) is 0.962. The Bertz CT molecular complexity index is 746. The van der Waals surface area contributed by atoms with Gasteiger partial charge >= 0.3 is 12.0 Å². The fraction of sp³-hybridized carbons (Fsp3) is 0.312. The van der Waals surface area contributed by atoms with E-state index in [1.165, 1.54) is 0 Å². The predicted octanol–water partition coefficient (Wildman–Crippen LogP) is 3.29. The Morgan fingerprint density at radius 1 is 1.28 bits per heavy atom. The minimum Gasteiger partial charge on any atom is -0.465 e. The molecule has 0 aromatic heterocycles. The van der Waals surface area contributed by atoms with Gasteiger partial charge in [-0.15, -0.1) is 0 Å². The highest BCUT2D eigenvalue weighted by Gasteiger charge is 2.33. The molecule has 0 bridgehead atoms. The third-order valence-corrected chi connectivity index (χ3v) is 4.70. The predicted molar refractivity (Wildman–Crippen MR) is 101 cm³/mol. The molecule has 1 aromatic rings. The lowest BCUT2D eigenvalue weighted by Crippen LogP contribution is -2.34. The summed E-state index contributed by atoms with van der Waals surface area (Å²) in [4.78, 5) is 43.2. The lowest BCUT2D eigenvalue weighted by molar-refractivity contribution is -0.143. The van der Waals surface area contributed by atoms with E-state index in [0.717, 1.165) is 16.2 Å². The maximum Gasteiger partial charge on any atom is 0.367 e. The molecule has 0 fully saturated rings. The van der Waals surface area contributed by atoms with Crippen molar-refractivity contribution in [2.45, 2.75) is 13.8 Å². The zero-order chi connectivity index (χ0) is 18.4. The van der Waals surface area contributed by atoms with Crippen molar-refractivity contribution in [3.05, 3.63) is 28.7 Å². The Balaban J connectivity index is 2.01. The molecule has 1 atom stereocenters. The molecule has 2 rings (SSSR count). The zero-order valence-corrected chi connectivity index (χ0v) is 16.0. The normalized spacial score (nSPS) is 16.8. The standard InChI is InChI=1S/C16H16BrN3O4S/c1-3-24-15(22)13-9(2)18-16(23)20-14(13)25-8-12(21)19-11-6-4-10(17)5-7-11/h4-7,13H,3,8H2,1-2H3,(H,19,21). The van der Waals surface area contributed by atoms with Crippen LogP contribution in [-0.2, 0) is 14.3 Å². The lowest BCUT2D eigenvalue weighted by Gasteiger charge is -2.19. The van der Waals surface area contributed by atoms with Crippen LogP contribution >= 0.6 is 27.7 Å². The van der Waals surface area contributed by atoms with Crippen LogP contribution in [0.1, 0.15) is 13.8 Å². The Morgan fingerprint density at radius 3 is 2.60 bits per heavy atom. The maximum absolute atomic E-state index is 12.1. The number of thioether (sulfide) groups is 1. The van der Waals surface area contributed by atoms with Crippen LogP contribution in [0.15, 0.2) is 38.7 Å². The first-order valence-corrected chi connectivity index (χ1v) is 9.21. The van der Waals surface area contributed by atoms with Crippen molar-refractivity contribution in [3.63, 3.8) is 0 Å². The number of hydrogen-bond donors (Lipinski definition) is 1. The fourth-order valence-corrected chi connectivity index (χ4v) is 3.25. The number of aliphatic imine (C=N–C) groups is 2. The summed E-state index contributed by atoms with van der Waals surface area (Å²) in [6.07, 6.45) is 0. The van der Waals surface area contributed by atoms with Crippen molar-refractivity contribution in [1.82, 2.24) is 0 Å². The highest BCUT2D eigenvalue weighted by Crippen LogP contribution is 2.22. The highest BCUT2D eigenvalue weighted by molar-refractivity contribution is 9.10. The molecule has 3 amide bonds. The molecule has 1 aliphatic heterocycles. The van der Waals surface area contributed by atoms with Gasteiger partial charge in [-0.3, -0.25) is 9.59 Å². The zero-order valence-electron chi connectivity index (χ0n) is 13.6. The number of hydrogen-bond acceptors (Lipinski definition) is 5. The first kappa shape index (κ1) is 19.3. The molecule has 0 spiro atoms. The number of nitrogens with zero attached hydrogens (tertiary/aromatic N) is 2. The van der Waals surface area contributed by atoms with Gasteiger partial charge in [-0.2, -0.15) is 9.98 Å². The van der Waals surface area contributed by atoms with E-state index < -0.39 is 17.9 Å². The first-order chi connectivity index (χ1) is 11.9. The monoisotopic (exact) mass is 425 g/mol. The van der Waals surface area contributed by atoms with E-state index in [-0.39, 0.29) is 23.3 Å². The number of urea groups is 1. The van der Waals surface area contributed by atoms with Gasteiger partial charge in [0, 0.05) is 15.9 Å². The van der Waals surface area contributed by atoms with E-state index in [1.807, 2.05) is 12.1 Å². The van der Waals surface area contributed by atoms with Crippen LogP contribution in [0.25, 0.3) is 0 Å². The molecular weight excluding hydrogens is 410 g/mol. The van der Waals surface area contributed by atoms with E-state index in [9.17, 15) is 14.4 Å². The largest absolute Gasteiger partial charge is 0.465 e. The van der Waals surface area contributed by atoms with Crippen LogP contribution in [0, 0.1) is 5.92 Å². The van der Waals surface area contributed by atoms with Crippen molar-refractivity contribution < 1.29 is 19.1 Å². The summed E-state index contributed by atoms with van der Waals surface area (Å²) >= 11 is 4.34. The smallest absolute Gasteiger partial charge is 0.367 e. The number of ether oxygens (including phenoxy) is 1. The van der Waals surface area contributed by atoms with Gasteiger partial charge in [-0.05, 0) is 38.1 Å². The van der Waals surface area contributed by atoms with Crippen molar-refractivity contribution in [3.8, 4) is 0 Å². The highest BCUT2D eigenvalue weighted by atomic mass is 79.9. The summed E-state index contributed by atoms with van der Waals surface area (Å²) in [5, 5.41) is 2.96. The number of anilines is 1. The van der Waals surface area contributed by atoms with Gasteiger partial charge in [0.05, 0.1) is 17.4 Å². The second-order valence-electron chi connectivity index (χ2n) is 5.01. The molecule has 0 radical (unpaired) electrons. The van der Waals surface area contributed by atoms with E-state index in [2.05, 4.69) is 31.2 Å². The number of benzene rings is 1. The Morgan fingerprint density at radius 2 is 1.96 bits per heavy atom. The molecule has 1 unspecified atom stereocenters. The van der Waals surface area contributed by atoms with Gasteiger partial charge in [0.1, 0.15) is 5.92 Å². The average molecular weight is 426 g/mol. The summed E-state index contributed by atoms with van der Waals surface area (Å²) in [6.45, 7) is 3.46. The van der Waals surface area contributed by atoms with Gasteiger partial charge in [-0.25, -0.2) is 4.79 Å². The molecule has 1 N–H and O–H groups in total. The Hall–Kier alpha value is -2.00. The molecule has 7 nitrogen and oxygen atoms in total. The van der Waals surface area contributed by atoms with Gasteiger partial charge in [0.25, 0.3) is 0 Å². The van der Waals surface area contributed by atoms with E-state index in [1.54, 1.807) is 26.0 Å². The minimum atomic E-state index is -0.844. The second-order valence-corrected chi connectivity index (χ2v) is 6.93. The molecule has 25 heavy (non-hydrogen) atoms. The second kappa shape index (κ2) is 8.91. The number of carbonyl (C=O) groups is 3. The van der Waals surface area contributed by atoms with E-state index in [4.69, 9.17) is 4.74 Å². The molecule has 0 saturated carbocycles. The lowest BCUT2D eigenvalue weighted by atomic mass is 10.1. The topological polar surface area (TPSA) is 97.2 Å². The quantitative estimate of drug-likeness (QED) is 0.729. The fourth-order valence-electron chi connectivity index (χ4n) is 2.06. The number of carbonyl (C=O) groups excluding carboxylic acids is 3. The number of halogens is 1. The number of esters is 1. The number of amides is 3. The molecule has 1 aromatic carbocycles. The van der Waals surface area contributed by atoms with Crippen LogP contribution in [0.2, 0.25) is 0 Å². The third kappa shape index (κ3) is 5.50. The van der Waals surface area contributed by atoms with Gasteiger partial charge in [0.15, 0.2) is 0 Å². The maximum atomic E-state index is 12.1. The summed E-state index contributed by atoms with van der Waals surface area (Å²) in [7, 11) is 0. The van der Waals surface area contributed by atoms with Crippen LogP contribution in [0.3, 0.4) is 0 Å². The average Bonchev–Trinajstić information content (AvgIpc) is 2.54. The summed E-state index contributed by atoms with van der Waals surface area (Å²) in [5.74, 6) is -1.64. The molecule has 0 aliphatic carbocycles. The first-order valence-electron chi connectivity index (χ1n) is 7.43. The van der Waals surface area contributed by atoms with Crippen molar-refractivity contribution in [1.29, 1.82) is 0 Å². The molecule has 132 valence electrons. The number of nitrogens with one attached hydrogen (secondary N) is 1. The van der Waals surface area contributed by atoms with Crippen molar-refractivity contribution >= 4 is 62.0 Å². The van der Waals surface area contributed by atoms with Crippen molar-refractivity contribution in [2.24, 2.45) is 15.9 Å². The SMILES string of the molecule is CCOC(=O)C1C(C)=NC(=O)N=C1SCC(=O)Nc1ccc(Br)cc1. The van der Waals surface area contributed by atoms with Crippen LogP contribution in [0.5, 0.6) is 0 Å². The van der Waals surface area contributed by atoms with Gasteiger partial charge in [-0.1, -0.05) is 27.7 Å². The van der Waals surface area contributed by atoms with E-state index in [0.29, 0.717) is 11.4 Å². The van der Waals surface area contributed by atoms with Crippen LogP contribution in [0.4, 0.5) is 10.5 Å². The third-order valence-electron chi connectivity index (χ3n) is 3.14. The molecule has 0 saturated heterocycles. The van der Waals surface area contributed by atoms with Gasteiger partial charge in [0.2, 0.25) is 5.91 Å². The summed E-state index contributed by atoms with van der Waals surface area (Å²) < 4.78 is 5.91. The summed E-state index contributed by atoms with van der Waals surface area (Å²) in [6, 6.07) is 6.44. The van der Waals surface area contributed by atoms with E-state index >= 15 is 0 Å². The molecule has 1 aliphatic rings. The minimum absolute atomic E-state index is 0.00532. The van der Waals surface area contributed by atoms with Crippen LogP contribution < -0.4 is 5.32 Å². The molecular formula is C16H16BrN3O4S. The number of rotatable bonds is 5. The van der Waals surface area contributed by atoms with Gasteiger partial charge < -0.3 is 10.1 Å². The van der Waals surface area contributed by atoms with Crippen LogP contribution in [-0.4, -0.2) is 41.0 Å².